The third-order valence-corrected chi connectivity index (χ3v) is 4.77. The van der Waals surface area contributed by atoms with Gasteiger partial charge >= 0.3 is 0 Å². The van der Waals surface area contributed by atoms with E-state index in [2.05, 4.69) is 20.4 Å². The molecular weight excluding hydrogens is 442 g/mol. The van der Waals surface area contributed by atoms with E-state index in [-0.39, 0.29) is 22.9 Å². The summed E-state index contributed by atoms with van der Waals surface area (Å²) in [6.07, 6.45) is 2.96. The van der Waals surface area contributed by atoms with Crippen LogP contribution in [0.15, 0.2) is 58.8 Å². The van der Waals surface area contributed by atoms with Gasteiger partial charge in [-0.1, -0.05) is 5.16 Å². The van der Waals surface area contributed by atoms with Crippen LogP contribution in [-0.2, 0) is 9.63 Å². The quantitative estimate of drug-likeness (QED) is 0.306. The molecular formula is C21H18F2N4O4S. The molecule has 0 aliphatic heterocycles. The van der Waals surface area contributed by atoms with Crippen LogP contribution in [0.5, 0.6) is 23.3 Å². The van der Waals surface area contributed by atoms with Crippen molar-refractivity contribution in [1.29, 1.82) is 0 Å². The number of benzene rings is 2. The zero-order valence-electron chi connectivity index (χ0n) is 17.3. The molecule has 1 heterocycles. The fraction of sp³-hybridized carbons (Fsp3) is 0.143. The number of likely N-dealkylation sites (N-methyl/N-ethyl adjacent to an activating group) is 1. The lowest BCUT2D eigenvalue weighted by molar-refractivity contribution is -0.114. The topological polar surface area (TPSA) is 94.9 Å². The van der Waals surface area contributed by atoms with Gasteiger partial charge in [-0.2, -0.15) is 14.4 Å². The molecule has 0 fully saturated rings. The third kappa shape index (κ3) is 5.30. The van der Waals surface area contributed by atoms with Crippen molar-refractivity contribution in [3.05, 3.63) is 66.0 Å². The number of thioether (sulfide) groups is 1. The summed E-state index contributed by atoms with van der Waals surface area (Å²) in [4.78, 5) is 25.4. The van der Waals surface area contributed by atoms with Gasteiger partial charge in [-0.25, -0.2) is 4.39 Å². The van der Waals surface area contributed by atoms with Gasteiger partial charge in [-0.05, 0) is 42.7 Å². The zero-order valence-corrected chi connectivity index (χ0v) is 18.1. The number of carbonyl (C=O) groups excluding carboxylic acids is 1. The lowest BCUT2D eigenvalue weighted by Gasteiger charge is -2.13. The number of oxime groups is 1. The summed E-state index contributed by atoms with van der Waals surface area (Å²) in [5.74, 6) is -3.09. The molecule has 0 radical (unpaired) electrons. The molecule has 0 saturated carbocycles. The minimum Gasteiger partial charge on any atom is -0.436 e. The standard InChI is InChI=1S/C21H18F2N4O4S/c1-24-19(28)18(27-29-2)15-9-4-12(22)10-16(15)31-21-17(23)20(25-11-26-21)30-13-5-7-14(32-3)8-6-13/h4-11H,1-3H3,(H,24,28). The van der Waals surface area contributed by atoms with Crippen LogP contribution >= 0.6 is 11.8 Å². The highest BCUT2D eigenvalue weighted by Gasteiger charge is 2.22. The number of rotatable bonds is 8. The van der Waals surface area contributed by atoms with Gasteiger partial charge in [0.1, 0.15) is 30.8 Å². The Morgan fingerprint density at radius 2 is 1.75 bits per heavy atom. The Labute approximate surface area is 186 Å². The maximum Gasteiger partial charge on any atom is 0.273 e. The molecule has 3 rings (SSSR count). The van der Waals surface area contributed by atoms with Crippen LogP contribution in [-0.4, -0.2) is 42.0 Å². The van der Waals surface area contributed by atoms with E-state index >= 15 is 0 Å². The Morgan fingerprint density at radius 1 is 1.06 bits per heavy atom. The monoisotopic (exact) mass is 460 g/mol. The number of nitrogens with zero attached hydrogens (tertiary/aromatic N) is 3. The molecule has 8 nitrogen and oxygen atoms in total. The van der Waals surface area contributed by atoms with E-state index in [0.29, 0.717) is 5.75 Å². The fourth-order valence-corrected chi connectivity index (χ4v) is 2.95. The fourth-order valence-electron chi connectivity index (χ4n) is 2.54. The summed E-state index contributed by atoms with van der Waals surface area (Å²) in [6, 6.07) is 10.3. The van der Waals surface area contributed by atoms with E-state index in [4.69, 9.17) is 14.3 Å². The first kappa shape index (κ1) is 22.9. The molecule has 11 heteroatoms. The maximum absolute atomic E-state index is 15.0. The van der Waals surface area contributed by atoms with E-state index < -0.39 is 23.4 Å². The molecule has 32 heavy (non-hydrogen) atoms. The lowest BCUT2D eigenvalue weighted by atomic mass is 10.1. The van der Waals surface area contributed by atoms with Gasteiger partial charge in [0.15, 0.2) is 5.71 Å². The number of carbonyl (C=O) groups is 1. The Balaban J connectivity index is 1.95. The van der Waals surface area contributed by atoms with Gasteiger partial charge in [-0.3, -0.25) is 4.79 Å². The van der Waals surface area contributed by atoms with Crippen LogP contribution in [0.1, 0.15) is 5.56 Å². The second kappa shape index (κ2) is 10.5. The zero-order chi connectivity index (χ0) is 23.1. The summed E-state index contributed by atoms with van der Waals surface area (Å²) in [5.41, 5.74) is -0.148. The highest BCUT2D eigenvalue weighted by molar-refractivity contribution is 7.98. The number of aromatic nitrogens is 2. The van der Waals surface area contributed by atoms with Gasteiger partial charge in [0, 0.05) is 18.0 Å². The van der Waals surface area contributed by atoms with Crippen molar-refractivity contribution in [2.24, 2.45) is 5.16 Å². The van der Waals surface area contributed by atoms with E-state index in [9.17, 15) is 13.6 Å². The second-order valence-corrected chi connectivity index (χ2v) is 6.90. The van der Waals surface area contributed by atoms with Crippen LogP contribution in [0, 0.1) is 11.6 Å². The van der Waals surface area contributed by atoms with Crippen molar-refractivity contribution >= 4 is 23.4 Å². The molecule has 0 spiro atoms. The summed E-state index contributed by atoms with van der Waals surface area (Å²) in [7, 11) is 2.63. The highest BCUT2D eigenvalue weighted by Crippen LogP contribution is 2.32. The van der Waals surface area contributed by atoms with E-state index in [1.165, 1.54) is 20.2 Å². The van der Waals surface area contributed by atoms with Crippen molar-refractivity contribution in [2.75, 3.05) is 20.4 Å². The number of amides is 1. The molecule has 2 aromatic carbocycles. The molecule has 1 amide bonds. The number of hydrogen-bond acceptors (Lipinski definition) is 8. The molecule has 1 N–H and O–H groups in total. The van der Waals surface area contributed by atoms with Gasteiger partial charge in [0.2, 0.25) is 5.82 Å². The van der Waals surface area contributed by atoms with Crippen molar-refractivity contribution < 1.29 is 27.9 Å². The van der Waals surface area contributed by atoms with Crippen molar-refractivity contribution in [3.8, 4) is 23.3 Å². The van der Waals surface area contributed by atoms with Crippen LogP contribution in [0.3, 0.4) is 0 Å². The Bertz CT molecular complexity index is 1140. The van der Waals surface area contributed by atoms with Crippen LogP contribution < -0.4 is 14.8 Å². The molecule has 0 bridgehead atoms. The molecule has 0 atom stereocenters. The third-order valence-electron chi connectivity index (χ3n) is 4.03. The molecule has 166 valence electrons. The van der Waals surface area contributed by atoms with Crippen LogP contribution in [0.25, 0.3) is 0 Å². The largest absolute Gasteiger partial charge is 0.436 e. The van der Waals surface area contributed by atoms with Crippen molar-refractivity contribution in [1.82, 2.24) is 15.3 Å². The molecule has 1 aromatic heterocycles. The number of nitrogens with one attached hydrogen (secondary N) is 1. The van der Waals surface area contributed by atoms with Gasteiger partial charge in [0.05, 0.1) is 5.56 Å². The average molecular weight is 460 g/mol. The van der Waals surface area contributed by atoms with Crippen LogP contribution in [0.2, 0.25) is 0 Å². The molecule has 3 aromatic rings. The number of halogens is 2. The Kier molecular flexibility index (Phi) is 7.55. The molecule has 0 aliphatic carbocycles. The van der Waals surface area contributed by atoms with E-state index in [1.54, 1.807) is 23.9 Å². The Hall–Kier alpha value is -3.73. The minimum absolute atomic E-state index is 0.0562. The van der Waals surface area contributed by atoms with E-state index in [0.717, 1.165) is 23.4 Å². The lowest BCUT2D eigenvalue weighted by Crippen LogP contribution is -2.29. The van der Waals surface area contributed by atoms with E-state index in [1.807, 2.05) is 18.4 Å². The van der Waals surface area contributed by atoms with Crippen molar-refractivity contribution in [3.63, 3.8) is 0 Å². The first-order valence-corrected chi connectivity index (χ1v) is 10.3. The average Bonchev–Trinajstić information content (AvgIpc) is 2.80. The second-order valence-electron chi connectivity index (χ2n) is 6.02. The minimum atomic E-state index is -1.01. The molecule has 0 aliphatic rings. The van der Waals surface area contributed by atoms with Crippen molar-refractivity contribution in [2.45, 2.75) is 4.90 Å². The molecule has 0 unspecified atom stereocenters. The van der Waals surface area contributed by atoms with Crippen LogP contribution in [0.4, 0.5) is 8.78 Å². The van der Waals surface area contributed by atoms with Gasteiger partial charge < -0.3 is 19.6 Å². The number of hydrogen-bond donors (Lipinski definition) is 1. The summed E-state index contributed by atoms with van der Waals surface area (Å²) < 4.78 is 39.9. The Morgan fingerprint density at radius 3 is 2.38 bits per heavy atom. The SMILES string of the molecule is CNC(=O)C(=NOC)c1ccc(F)cc1Oc1ncnc(Oc2ccc(SC)cc2)c1F. The summed E-state index contributed by atoms with van der Waals surface area (Å²) in [6.45, 7) is 0. The summed E-state index contributed by atoms with van der Waals surface area (Å²) in [5, 5.41) is 6.05. The highest BCUT2D eigenvalue weighted by atomic mass is 32.2. The summed E-state index contributed by atoms with van der Waals surface area (Å²) >= 11 is 1.55. The predicted octanol–water partition coefficient (Wildman–Crippen LogP) is 4.16. The maximum atomic E-state index is 15.0. The first-order chi connectivity index (χ1) is 15.5. The normalized spacial score (nSPS) is 11.1. The number of ether oxygens (including phenoxy) is 2. The predicted molar refractivity (Wildman–Crippen MR) is 114 cm³/mol. The van der Waals surface area contributed by atoms with Gasteiger partial charge in [0.25, 0.3) is 17.7 Å². The molecule has 0 saturated heterocycles. The smallest absolute Gasteiger partial charge is 0.273 e. The van der Waals surface area contributed by atoms with Gasteiger partial charge in [-0.15, -0.1) is 11.8 Å². The first-order valence-electron chi connectivity index (χ1n) is 9.10.